The second kappa shape index (κ2) is 7.24. The van der Waals surface area contributed by atoms with E-state index >= 15 is 0 Å². The molecule has 3 unspecified atom stereocenters. The number of hydrogen-bond donors (Lipinski definition) is 1. The highest BCUT2D eigenvalue weighted by Gasteiger charge is 2.26. The van der Waals surface area contributed by atoms with Crippen LogP contribution in [0.3, 0.4) is 0 Å². The third kappa shape index (κ3) is 3.62. The highest BCUT2D eigenvalue weighted by molar-refractivity contribution is 5.25. The van der Waals surface area contributed by atoms with Gasteiger partial charge >= 0.3 is 0 Å². The molecule has 112 valence electrons. The molecular formula is C18H30N2. The number of benzene rings is 1. The molecule has 1 fully saturated rings. The van der Waals surface area contributed by atoms with Crippen LogP contribution in [-0.4, -0.2) is 30.6 Å². The Hall–Kier alpha value is -0.860. The van der Waals surface area contributed by atoms with Gasteiger partial charge in [0.1, 0.15) is 0 Å². The van der Waals surface area contributed by atoms with Crippen molar-refractivity contribution in [1.82, 2.24) is 10.2 Å². The Bertz CT molecular complexity index is 388. The van der Waals surface area contributed by atoms with Crippen molar-refractivity contribution < 1.29 is 0 Å². The average Bonchev–Trinajstić information content (AvgIpc) is 2.47. The van der Waals surface area contributed by atoms with Gasteiger partial charge in [-0.25, -0.2) is 0 Å². The van der Waals surface area contributed by atoms with Crippen LogP contribution < -0.4 is 5.32 Å². The van der Waals surface area contributed by atoms with Crippen molar-refractivity contribution in [3.63, 3.8) is 0 Å². The summed E-state index contributed by atoms with van der Waals surface area (Å²) in [6, 6.07) is 11.0. The van der Waals surface area contributed by atoms with Gasteiger partial charge in [-0.05, 0) is 51.3 Å². The zero-order valence-electron chi connectivity index (χ0n) is 13.5. The average molecular weight is 274 g/mol. The van der Waals surface area contributed by atoms with Gasteiger partial charge in [0.2, 0.25) is 0 Å². The molecule has 3 atom stereocenters. The molecule has 1 aromatic carbocycles. The van der Waals surface area contributed by atoms with Gasteiger partial charge in [-0.15, -0.1) is 0 Å². The van der Waals surface area contributed by atoms with Gasteiger partial charge < -0.3 is 5.32 Å². The molecule has 0 aromatic heterocycles. The van der Waals surface area contributed by atoms with E-state index in [-0.39, 0.29) is 0 Å². The van der Waals surface area contributed by atoms with Gasteiger partial charge in [0.05, 0.1) is 0 Å². The molecule has 0 radical (unpaired) electrons. The molecule has 1 heterocycles. The summed E-state index contributed by atoms with van der Waals surface area (Å²) < 4.78 is 0. The van der Waals surface area contributed by atoms with Crippen LogP contribution in [0.4, 0.5) is 0 Å². The Morgan fingerprint density at radius 3 is 2.25 bits per heavy atom. The summed E-state index contributed by atoms with van der Waals surface area (Å²) in [5, 5.41) is 3.50. The van der Waals surface area contributed by atoms with Crippen LogP contribution in [0.1, 0.15) is 57.2 Å². The predicted molar refractivity (Wildman–Crippen MR) is 87.1 cm³/mol. The van der Waals surface area contributed by atoms with Gasteiger partial charge in [0.15, 0.2) is 0 Å². The molecule has 2 heteroatoms. The summed E-state index contributed by atoms with van der Waals surface area (Å²) >= 11 is 0. The number of likely N-dealkylation sites (N-methyl/N-ethyl adjacent to an activating group) is 1. The molecule has 1 aromatic rings. The first-order chi connectivity index (χ1) is 9.65. The van der Waals surface area contributed by atoms with E-state index in [0.717, 1.165) is 13.0 Å². The Morgan fingerprint density at radius 2 is 1.75 bits per heavy atom. The van der Waals surface area contributed by atoms with Gasteiger partial charge in [-0.1, -0.05) is 37.6 Å². The fourth-order valence-corrected chi connectivity index (χ4v) is 3.39. The molecule has 0 spiro atoms. The van der Waals surface area contributed by atoms with Crippen molar-refractivity contribution >= 4 is 0 Å². The zero-order chi connectivity index (χ0) is 14.5. The van der Waals surface area contributed by atoms with Crippen LogP contribution >= 0.6 is 0 Å². The van der Waals surface area contributed by atoms with Crippen molar-refractivity contribution in [2.24, 2.45) is 0 Å². The smallest absolute Gasteiger partial charge is 0.0447 e. The molecule has 20 heavy (non-hydrogen) atoms. The third-order valence-electron chi connectivity index (χ3n) is 4.91. The van der Waals surface area contributed by atoms with Crippen LogP contribution in [-0.2, 0) is 6.42 Å². The lowest BCUT2D eigenvalue weighted by Crippen LogP contribution is -2.47. The van der Waals surface area contributed by atoms with E-state index in [2.05, 4.69) is 62.3 Å². The van der Waals surface area contributed by atoms with Crippen molar-refractivity contribution in [2.45, 2.75) is 64.6 Å². The highest BCUT2D eigenvalue weighted by atomic mass is 15.2. The number of aryl methyl sites for hydroxylation is 1. The maximum Gasteiger partial charge on any atom is 0.0447 e. The number of hydrogen-bond acceptors (Lipinski definition) is 2. The maximum atomic E-state index is 3.50. The van der Waals surface area contributed by atoms with Gasteiger partial charge in [-0.3, -0.25) is 4.90 Å². The van der Waals surface area contributed by atoms with E-state index in [1.54, 1.807) is 0 Å². The fourth-order valence-electron chi connectivity index (χ4n) is 3.39. The Morgan fingerprint density at radius 1 is 1.15 bits per heavy atom. The quantitative estimate of drug-likeness (QED) is 0.879. The van der Waals surface area contributed by atoms with Crippen molar-refractivity contribution in [3.8, 4) is 0 Å². The lowest BCUT2D eigenvalue weighted by atomic mass is 9.95. The summed E-state index contributed by atoms with van der Waals surface area (Å²) in [7, 11) is 2.08. The fraction of sp³-hybridized carbons (Fsp3) is 0.667. The molecule has 0 bridgehead atoms. The van der Waals surface area contributed by atoms with Crippen LogP contribution in [0.5, 0.6) is 0 Å². The highest BCUT2D eigenvalue weighted by Crippen LogP contribution is 2.25. The van der Waals surface area contributed by atoms with E-state index in [1.807, 2.05) is 0 Å². The Kier molecular flexibility index (Phi) is 5.62. The van der Waals surface area contributed by atoms with Crippen molar-refractivity contribution in [3.05, 3.63) is 35.4 Å². The molecule has 1 saturated heterocycles. The van der Waals surface area contributed by atoms with Crippen LogP contribution in [0, 0.1) is 0 Å². The SMILES string of the molecule is CCc1ccc(C(CN2C(C)CCCC2C)NC)cc1. The third-order valence-corrected chi connectivity index (χ3v) is 4.91. The lowest BCUT2D eigenvalue weighted by molar-refractivity contribution is 0.0920. The van der Waals surface area contributed by atoms with Crippen LogP contribution in [0.25, 0.3) is 0 Å². The van der Waals surface area contributed by atoms with Crippen molar-refractivity contribution in [1.29, 1.82) is 0 Å². The van der Waals surface area contributed by atoms with Gasteiger partial charge in [0, 0.05) is 24.7 Å². The first-order valence-electron chi connectivity index (χ1n) is 8.17. The topological polar surface area (TPSA) is 15.3 Å². The number of rotatable bonds is 5. The molecule has 0 aliphatic carbocycles. The largest absolute Gasteiger partial charge is 0.312 e. The van der Waals surface area contributed by atoms with E-state index in [0.29, 0.717) is 18.1 Å². The monoisotopic (exact) mass is 274 g/mol. The predicted octanol–water partition coefficient (Wildman–Crippen LogP) is 3.77. The molecule has 1 N–H and O–H groups in total. The van der Waals surface area contributed by atoms with E-state index in [4.69, 9.17) is 0 Å². The molecule has 1 aliphatic heterocycles. The van der Waals surface area contributed by atoms with Gasteiger partial charge in [-0.2, -0.15) is 0 Å². The summed E-state index contributed by atoms with van der Waals surface area (Å²) in [6.45, 7) is 8.08. The Labute approximate surface area is 124 Å². The normalized spacial score (nSPS) is 25.6. The van der Waals surface area contributed by atoms with Gasteiger partial charge in [0.25, 0.3) is 0 Å². The standard InChI is InChI=1S/C18H30N2/c1-5-16-9-11-17(12-10-16)18(19-4)13-20-14(2)7-6-8-15(20)3/h9-12,14-15,18-19H,5-8,13H2,1-4H3. The minimum Gasteiger partial charge on any atom is -0.312 e. The second-order valence-electron chi connectivity index (χ2n) is 6.26. The van der Waals surface area contributed by atoms with E-state index in [9.17, 15) is 0 Å². The molecule has 2 nitrogen and oxygen atoms in total. The molecule has 2 rings (SSSR count). The molecule has 0 saturated carbocycles. The van der Waals surface area contributed by atoms with Crippen molar-refractivity contribution in [2.75, 3.05) is 13.6 Å². The zero-order valence-corrected chi connectivity index (χ0v) is 13.5. The summed E-state index contributed by atoms with van der Waals surface area (Å²) in [5.41, 5.74) is 2.83. The van der Waals surface area contributed by atoms with E-state index < -0.39 is 0 Å². The summed E-state index contributed by atoms with van der Waals surface area (Å²) in [5.74, 6) is 0. The number of nitrogens with one attached hydrogen (secondary N) is 1. The summed E-state index contributed by atoms with van der Waals surface area (Å²) in [6.07, 6.45) is 5.18. The van der Waals surface area contributed by atoms with Crippen LogP contribution in [0.15, 0.2) is 24.3 Å². The number of nitrogens with zero attached hydrogens (tertiary/aromatic N) is 1. The minimum absolute atomic E-state index is 0.434. The number of likely N-dealkylation sites (tertiary alicyclic amines) is 1. The lowest BCUT2D eigenvalue weighted by Gasteiger charge is -2.41. The Balaban J connectivity index is 2.07. The first-order valence-corrected chi connectivity index (χ1v) is 8.17. The van der Waals surface area contributed by atoms with E-state index in [1.165, 1.54) is 30.4 Å². The molecule has 0 amide bonds. The maximum absolute atomic E-state index is 3.50. The summed E-state index contributed by atoms with van der Waals surface area (Å²) in [4.78, 5) is 2.68. The molecule has 1 aliphatic rings. The first kappa shape index (κ1) is 15.5. The second-order valence-corrected chi connectivity index (χ2v) is 6.26. The van der Waals surface area contributed by atoms with Crippen LogP contribution in [0.2, 0.25) is 0 Å². The number of piperidine rings is 1. The minimum atomic E-state index is 0.434. The molecular weight excluding hydrogens is 244 g/mol.